The molecule has 1 atom stereocenters. The number of aryl methyl sites for hydroxylation is 1. The summed E-state index contributed by atoms with van der Waals surface area (Å²) < 4.78 is 1.61. The Labute approximate surface area is 125 Å². The summed E-state index contributed by atoms with van der Waals surface area (Å²) in [6.07, 6.45) is 7.84. The van der Waals surface area contributed by atoms with Gasteiger partial charge in [0.25, 0.3) is 0 Å². The number of hydrogen-bond acceptors (Lipinski definition) is 4. The lowest BCUT2D eigenvalue weighted by atomic mass is 9.82. The molecule has 118 valence electrons. The molecule has 0 saturated heterocycles. The predicted octanol–water partition coefficient (Wildman–Crippen LogP) is 0.829. The van der Waals surface area contributed by atoms with Crippen molar-refractivity contribution in [3.05, 3.63) is 18.0 Å². The number of amides is 1. The largest absolute Gasteiger partial charge is 0.389 e. The zero-order valence-corrected chi connectivity index (χ0v) is 12.8. The second-order valence-electron chi connectivity index (χ2n) is 6.42. The normalized spacial score (nSPS) is 20.8. The van der Waals surface area contributed by atoms with Crippen LogP contribution in [0.5, 0.6) is 0 Å². The minimum absolute atomic E-state index is 0.105. The van der Waals surface area contributed by atoms with E-state index in [-0.39, 0.29) is 18.9 Å². The lowest BCUT2D eigenvalue weighted by molar-refractivity contribution is -0.128. The van der Waals surface area contributed by atoms with Crippen molar-refractivity contribution in [3.8, 4) is 0 Å². The standard InChI is InChI=1S/C15H25N3O3/c1-14(20,12-9-17-18(2)10-12)11-16-13(19)8-15(21)6-4-3-5-7-15/h9-10,20-21H,3-8,11H2,1-2H3,(H,16,19). The van der Waals surface area contributed by atoms with Gasteiger partial charge in [-0.05, 0) is 19.8 Å². The van der Waals surface area contributed by atoms with Crippen molar-refractivity contribution in [2.24, 2.45) is 7.05 Å². The first kappa shape index (κ1) is 16.0. The Balaban J connectivity index is 1.85. The van der Waals surface area contributed by atoms with Crippen molar-refractivity contribution < 1.29 is 15.0 Å². The predicted molar refractivity (Wildman–Crippen MR) is 78.4 cm³/mol. The van der Waals surface area contributed by atoms with Crippen LogP contribution in [-0.4, -0.2) is 38.0 Å². The van der Waals surface area contributed by atoms with E-state index in [0.29, 0.717) is 18.4 Å². The third-order valence-corrected chi connectivity index (χ3v) is 4.23. The molecule has 1 aromatic rings. The highest BCUT2D eigenvalue weighted by Crippen LogP contribution is 2.30. The number of nitrogens with zero attached hydrogens (tertiary/aromatic N) is 2. The van der Waals surface area contributed by atoms with E-state index < -0.39 is 11.2 Å². The van der Waals surface area contributed by atoms with Crippen LogP contribution in [-0.2, 0) is 17.4 Å². The number of hydrogen-bond donors (Lipinski definition) is 3. The third kappa shape index (κ3) is 4.28. The highest BCUT2D eigenvalue weighted by Gasteiger charge is 2.32. The Hall–Kier alpha value is -1.40. The first-order valence-electron chi connectivity index (χ1n) is 7.51. The quantitative estimate of drug-likeness (QED) is 0.751. The van der Waals surface area contributed by atoms with E-state index >= 15 is 0 Å². The van der Waals surface area contributed by atoms with Gasteiger partial charge in [-0.3, -0.25) is 9.48 Å². The highest BCUT2D eigenvalue weighted by atomic mass is 16.3. The summed E-state index contributed by atoms with van der Waals surface area (Å²) in [5.41, 5.74) is -1.39. The summed E-state index contributed by atoms with van der Waals surface area (Å²) in [4.78, 5) is 12.0. The van der Waals surface area contributed by atoms with Gasteiger partial charge in [-0.25, -0.2) is 0 Å². The molecule has 0 bridgehead atoms. The van der Waals surface area contributed by atoms with Crippen LogP contribution in [0.4, 0.5) is 0 Å². The van der Waals surface area contributed by atoms with Gasteiger partial charge in [0.2, 0.25) is 5.91 Å². The minimum Gasteiger partial charge on any atom is -0.389 e. The number of rotatable bonds is 5. The van der Waals surface area contributed by atoms with Crippen LogP contribution >= 0.6 is 0 Å². The van der Waals surface area contributed by atoms with Gasteiger partial charge < -0.3 is 15.5 Å². The molecule has 1 unspecified atom stereocenters. The number of carbonyl (C=O) groups excluding carboxylic acids is 1. The Bertz CT molecular complexity index is 490. The van der Waals surface area contributed by atoms with Gasteiger partial charge in [-0.1, -0.05) is 19.3 Å². The highest BCUT2D eigenvalue weighted by molar-refractivity contribution is 5.77. The fourth-order valence-electron chi connectivity index (χ4n) is 2.82. The van der Waals surface area contributed by atoms with Crippen LogP contribution in [0.2, 0.25) is 0 Å². The van der Waals surface area contributed by atoms with Crippen LogP contribution < -0.4 is 5.32 Å². The summed E-state index contributed by atoms with van der Waals surface area (Å²) in [6.45, 7) is 1.74. The molecule has 3 N–H and O–H groups in total. The van der Waals surface area contributed by atoms with Crippen molar-refractivity contribution in [2.75, 3.05) is 6.54 Å². The smallest absolute Gasteiger partial charge is 0.223 e. The topological polar surface area (TPSA) is 87.4 Å². The Morgan fingerprint density at radius 1 is 1.48 bits per heavy atom. The zero-order chi connectivity index (χ0) is 15.5. The summed E-state index contributed by atoms with van der Waals surface area (Å²) in [5.74, 6) is -0.219. The molecular formula is C15H25N3O3. The molecule has 1 amide bonds. The van der Waals surface area contributed by atoms with E-state index in [1.54, 1.807) is 31.0 Å². The lowest BCUT2D eigenvalue weighted by Gasteiger charge is -2.32. The molecule has 0 aliphatic heterocycles. The molecule has 0 aromatic carbocycles. The van der Waals surface area contributed by atoms with E-state index in [0.717, 1.165) is 19.3 Å². The maximum atomic E-state index is 12.0. The number of carbonyl (C=O) groups is 1. The van der Waals surface area contributed by atoms with Crippen molar-refractivity contribution in [3.63, 3.8) is 0 Å². The molecule has 0 radical (unpaired) electrons. The first-order valence-corrected chi connectivity index (χ1v) is 7.51. The molecule has 0 spiro atoms. The average Bonchev–Trinajstić information content (AvgIpc) is 2.84. The van der Waals surface area contributed by atoms with Crippen molar-refractivity contribution in [1.82, 2.24) is 15.1 Å². The molecule has 21 heavy (non-hydrogen) atoms. The molecule has 1 aliphatic rings. The molecule has 1 aromatic heterocycles. The van der Waals surface area contributed by atoms with Crippen LogP contribution in [0.3, 0.4) is 0 Å². The number of aliphatic hydroxyl groups is 2. The summed E-state index contributed by atoms with van der Waals surface area (Å²) in [5, 5.41) is 27.5. The van der Waals surface area contributed by atoms with E-state index in [9.17, 15) is 15.0 Å². The molecule has 6 nitrogen and oxygen atoms in total. The number of aromatic nitrogens is 2. The molecule has 1 heterocycles. The van der Waals surface area contributed by atoms with Gasteiger partial charge in [-0.2, -0.15) is 5.10 Å². The summed E-state index contributed by atoms with van der Waals surface area (Å²) in [7, 11) is 1.77. The molecule has 6 heteroatoms. The Kier molecular flexibility index (Phi) is 4.68. The van der Waals surface area contributed by atoms with Crippen molar-refractivity contribution in [2.45, 2.75) is 56.7 Å². The van der Waals surface area contributed by atoms with E-state index in [4.69, 9.17) is 0 Å². The van der Waals surface area contributed by atoms with Gasteiger partial charge in [0.15, 0.2) is 0 Å². The zero-order valence-electron chi connectivity index (χ0n) is 12.8. The van der Waals surface area contributed by atoms with Gasteiger partial charge in [0.1, 0.15) is 5.60 Å². The SMILES string of the molecule is Cn1cc(C(C)(O)CNC(=O)CC2(O)CCCCC2)cn1. The Morgan fingerprint density at radius 3 is 2.71 bits per heavy atom. The maximum Gasteiger partial charge on any atom is 0.223 e. The third-order valence-electron chi connectivity index (χ3n) is 4.23. The van der Waals surface area contributed by atoms with Gasteiger partial charge >= 0.3 is 0 Å². The monoisotopic (exact) mass is 295 g/mol. The second-order valence-corrected chi connectivity index (χ2v) is 6.42. The minimum atomic E-state index is -1.17. The van der Waals surface area contributed by atoms with E-state index in [1.165, 1.54) is 0 Å². The van der Waals surface area contributed by atoms with Crippen molar-refractivity contribution in [1.29, 1.82) is 0 Å². The molecular weight excluding hydrogens is 270 g/mol. The van der Waals surface area contributed by atoms with Crippen molar-refractivity contribution >= 4 is 5.91 Å². The number of nitrogens with one attached hydrogen (secondary N) is 1. The fraction of sp³-hybridized carbons (Fsp3) is 0.733. The lowest BCUT2D eigenvalue weighted by Crippen LogP contribution is -2.43. The molecule has 1 saturated carbocycles. The average molecular weight is 295 g/mol. The molecule has 2 rings (SSSR count). The summed E-state index contributed by atoms with van der Waals surface area (Å²) >= 11 is 0. The van der Waals surface area contributed by atoms with Gasteiger partial charge in [0.05, 0.1) is 24.8 Å². The second kappa shape index (κ2) is 6.15. The van der Waals surface area contributed by atoms with Crippen LogP contribution in [0.1, 0.15) is 51.0 Å². The van der Waals surface area contributed by atoms with Crippen LogP contribution in [0.15, 0.2) is 12.4 Å². The molecule has 1 aliphatic carbocycles. The first-order chi connectivity index (χ1) is 9.81. The van der Waals surface area contributed by atoms with E-state index in [1.807, 2.05) is 0 Å². The fourth-order valence-corrected chi connectivity index (χ4v) is 2.82. The van der Waals surface area contributed by atoms with Gasteiger partial charge in [-0.15, -0.1) is 0 Å². The maximum absolute atomic E-state index is 12.0. The van der Waals surface area contributed by atoms with Crippen LogP contribution in [0.25, 0.3) is 0 Å². The van der Waals surface area contributed by atoms with E-state index in [2.05, 4.69) is 10.4 Å². The summed E-state index contributed by atoms with van der Waals surface area (Å²) in [6, 6.07) is 0. The van der Waals surface area contributed by atoms with Crippen LogP contribution in [0, 0.1) is 0 Å². The Morgan fingerprint density at radius 2 is 2.14 bits per heavy atom. The van der Waals surface area contributed by atoms with Gasteiger partial charge in [0, 0.05) is 18.8 Å². The molecule has 1 fully saturated rings.